The number of aromatic nitrogens is 1. The van der Waals surface area contributed by atoms with Gasteiger partial charge in [0.25, 0.3) is 0 Å². The van der Waals surface area contributed by atoms with Gasteiger partial charge < -0.3 is 19.7 Å². The SMILES string of the molecule is O=C(NCc1ccc2c(c1)OCO2)C1CCCN(C(=O)C2CC(c3cccnc3)NN2)C1. The molecule has 3 N–H and O–H groups in total. The van der Waals surface area contributed by atoms with Crippen LogP contribution in [0, 0.1) is 5.92 Å². The van der Waals surface area contributed by atoms with E-state index in [1.165, 1.54) is 0 Å². The Morgan fingerprint density at radius 2 is 2.09 bits per heavy atom. The van der Waals surface area contributed by atoms with Gasteiger partial charge in [-0.1, -0.05) is 12.1 Å². The zero-order valence-corrected chi connectivity index (χ0v) is 17.8. The molecule has 0 aliphatic carbocycles. The summed E-state index contributed by atoms with van der Waals surface area (Å²) in [6, 6.07) is 9.29. The summed E-state index contributed by atoms with van der Waals surface area (Å²) in [5, 5.41) is 3.01. The summed E-state index contributed by atoms with van der Waals surface area (Å²) in [5.74, 6) is 1.24. The largest absolute Gasteiger partial charge is 0.454 e. The van der Waals surface area contributed by atoms with Gasteiger partial charge in [-0.25, -0.2) is 10.9 Å². The number of hydrogen-bond donors (Lipinski definition) is 3. The third kappa shape index (κ3) is 4.39. The van der Waals surface area contributed by atoms with E-state index in [2.05, 4.69) is 21.2 Å². The summed E-state index contributed by atoms with van der Waals surface area (Å²) in [4.78, 5) is 31.8. The molecular weight excluding hydrogens is 410 g/mol. The van der Waals surface area contributed by atoms with Crippen molar-refractivity contribution < 1.29 is 19.1 Å². The molecule has 1 aromatic carbocycles. The topological polar surface area (TPSA) is 105 Å². The second-order valence-electron chi connectivity index (χ2n) is 8.44. The minimum absolute atomic E-state index is 0.0223. The van der Waals surface area contributed by atoms with Crippen LogP contribution < -0.4 is 25.6 Å². The third-order valence-corrected chi connectivity index (χ3v) is 6.30. The van der Waals surface area contributed by atoms with Crippen molar-refractivity contribution in [3.05, 3.63) is 53.9 Å². The highest BCUT2D eigenvalue weighted by atomic mass is 16.7. The monoisotopic (exact) mass is 437 g/mol. The van der Waals surface area contributed by atoms with E-state index in [1.54, 1.807) is 6.20 Å². The Bertz CT molecular complexity index is 986. The second-order valence-corrected chi connectivity index (χ2v) is 8.44. The number of nitrogens with one attached hydrogen (secondary N) is 3. The van der Waals surface area contributed by atoms with Gasteiger partial charge in [0.15, 0.2) is 11.5 Å². The molecular formula is C23H27N5O4. The summed E-state index contributed by atoms with van der Waals surface area (Å²) < 4.78 is 10.7. The lowest BCUT2D eigenvalue weighted by atomic mass is 9.95. The summed E-state index contributed by atoms with van der Waals surface area (Å²) >= 11 is 0. The van der Waals surface area contributed by atoms with Crippen LogP contribution in [0.15, 0.2) is 42.7 Å². The second kappa shape index (κ2) is 9.13. The number of hydrogen-bond acceptors (Lipinski definition) is 7. The Hall–Kier alpha value is -3.17. The molecule has 0 radical (unpaired) electrons. The molecule has 3 unspecified atom stereocenters. The van der Waals surface area contributed by atoms with Crippen molar-refractivity contribution in [2.45, 2.75) is 37.9 Å². The van der Waals surface area contributed by atoms with E-state index in [1.807, 2.05) is 41.4 Å². The quantitative estimate of drug-likeness (QED) is 0.647. The lowest BCUT2D eigenvalue weighted by molar-refractivity contribution is -0.137. The van der Waals surface area contributed by atoms with Crippen LogP contribution in [0.3, 0.4) is 0 Å². The van der Waals surface area contributed by atoms with Gasteiger partial charge in [0.05, 0.1) is 5.92 Å². The van der Waals surface area contributed by atoms with Crippen LogP contribution in [0.1, 0.15) is 36.4 Å². The van der Waals surface area contributed by atoms with Crippen LogP contribution in [0.25, 0.3) is 0 Å². The number of carbonyl (C=O) groups excluding carboxylic acids is 2. The first-order valence-corrected chi connectivity index (χ1v) is 11.0. The molecule has 4 heterocycles. The number of ether oxygens (including phenoxy) is 2. The Labute approximate surface area is 186 Å². The van der Waals surface area contributed by atoms with Crippen LogP contribution in [-0.2, 0) is 16.1 Å². The van der Waals surface area contributed by atoms with Crippen molar-refractivity contribution in [3.63, 3.8) is 0 Å². The van der Waals surface area contributed by atoms with Crippen molar-refractivity contribution in [1.82, 2.24) is 26.1 Å². The highest BCUT2D eigenvalue weighted by molar-refractivity contribution is 5.84. The maximum atomic E-state index is 13.1. The van der Waals surface area contributed by atoms with E-state index in [4.69, 9.17) is 9.47 Å². The molecule has 0 saturated carbocycles. The first kappa shape index (κ1) is 20.7. The smallest absolute Gasteiger partial charge is 0.241 e. The number of nitrogens with zero attached hydrogens (tertiary/aromatic N) is 2. The highest BCUT2D eigenvalue weighted by Gasteiger charge is 2.36. The van der Waals surface area contributed by atoms with Gasteiger partial charge in [-0.3, -0.25) is 14.6 Å². The molecule has 3 aliphatic rings. The van der Waals surface area contributed by atoms with Crippen LogP contribution in [0.4, 0.5) is 0 Å². The van der Waals surface area contributed by atoms with E-state index in [0.717, 1.165) is 29.7 Å². The molecule has 2 fully saturated rings. The van der Waals surface area contributed by atoms with Crippen molar-refractivity contribution >= 4 is 11.8 Å². The Balaban J connectivity index is 1.14. The Morgan fingerprint density at radius 3 is 2.97 bits per heavy atom. The van der Waals surface area contributed by atoms with Crippen LogP contribution in [-0.4, -0.2) is 47.6 Å². The van der Waals surface area contributed by atoms with Gasteiger partial charge in [0.1, 0.15) is 6.04 Å². The van der Waals surface area contributed by atoms with Crippen LogP contribution >= 0.6 is 0 Å². The molecule has 0 spiro atoms. The number of benzene rings is 1. The van der Waals surface area contributed by atoms with Gasteiger partial charge >= 0.3 is 0 Å². The molecule has 1 aromatic heterocycles. The lowest BCUT2D eigenvalue weighted by Crippen LogP contribution is -2.51. The molecule has 0 bridgehead atoms. The fourth-order valence-electron chi connectivity index (χ4n) is 4.51. The number of pyridine rings is 1. The molecule has 3 aliphatic heterocycles. The first-order chi connectivity index (χ1) is 15.7. The van der Waals surface area contributed by atoms with Crippen molar-refractivity contribution in [1.29, 1.82) is 0 Å². The zero-order chi connectivity index (χ0) is 21.9. The van der Waals surface area contributed by atoms with Crippen molar-refractivity contribution in [2.24, 2.45) is 5.92 Å². The predicted octanol–water partition coefficient (Wildman–Crippen LogP) is 1.27. The first-order valence-electron chi connectivity index (χ1n) is 11.0. The van der Waals surface area contributed by atoms with E-state index >= 15 is 0 Å². The average molecular weight is 438 g/mol. The normalized spacial score (nSPS) is 24.4. The minimum atomic E-state index is -0.310. The zero-order valence-electron chi connectivity index (χ0n) is 17.8. The fourth-order valence-corrected chi connectivity index (χ4v) is 4.51. The van der Waals surface area contributed by atoms with Crippen LogP contribution in [0.5, 0.6) is 11.5 Å². The molecule has 2 amide bonds. The number of piperidine rings is 1. The van der Waals surface area contributed by atoms with Gasteiger partial charge in [0.2, 0.25) is 18.6 Å². The Kier molecular flexibility index (Phi) is 5.91. The number of carbonyl (C=O) groups is 2. The van der Waals surface area contributed by atoms with Gasteiger partial charge in [-0.05, 0) is 48.6 Å². The standard InChI is InChI=1S/C23H27N5O4/c29-22(25-11-15-5-6-20-21(9-15)32-14-31-20)17-4-2-8-28(13-17)23(30)19-10-18(26-27-19)16-3-1-7-24-12-16/h1,3,5-7,9,12,17-19,26-27H,2,4,8,10-11,13-14H2,(H,25,29). The third-order valence-electron chi connectivity index (χ3n) is 6.30. The minimum Gasteiger partial charge on any atom is -0.454 e. The molecule has 2 aromatic rings. The number of fused-ring (bicyclic) bond motifs is 1. The van der Waals surface area contributed by atoms with Crippen LogP contribution in [0.2, 0.25) is 0 Å². The lowest BCUT2D eigenvalue weighted by Gasteiger charge is -2.33. The molecule has 5 rings (SSSR count). The molecule has 168 valence electrons. The van der Waals surface area contributed by atoms with Gasteiger partial charge in [-0.15, -0.1) is 0 Å². The van der Waals surface area contributed by atoms with Gasteiger partial charge in [-0.2, -0.15) is 0 Å². The van der Waals surface area contributed by atoms with E-state index in [0.29, 0.717) is 31.8 Å². The van der Waals surface area contributed by atoms with E-state index < -0.39 is 0 Å². The average Bonchev–Trinajstić information content (AvgIpc) is 3.52. The number of likely N-dealkylation sites (tertiary alicyclic amines) is 1. The molecule has 9 nitrogen and oxygen atoms in total. The van der Waals surface area contributed by atoms with Crippen molar-refractivity contribution in [2.75, 3.05) is 19.9 Å². The molecule has 9 heteroatoms. The highest BCUT2D eigenvalue weighted by Crippen LogP contribution is 2.32. The predicted molar refractivity (Wildman–Crippen MR) is 115 cm³/mol. The maximum absolute atomic E-state index is 13.1. The molecule has 2 saturated heterocycles. The molecule has 3 atom stereocenters. The summed E-state index contributed by atoms with van der Waals surface area (Å²) in [7, 11) is 0. The summed E-state index contributed by atoms with van der Waals surface area (Å²) in [6.45, 7) is 1.77. The summed E-state index contributed by atoms with van der Waals surface area (Å²) in [6.07, 6.45) is 5.81. The number of rotatable bonds is 5. The number of amides is 2. The Morgan fingerprint density at radius 1 is 1.19 bits per heavy atom. The summed E-state index contributed by atoms with van der Waals surface area (Å²) in [5.41, 5.74) is 8.32. The van der Waals surface area contributed by atoms with E-state index in [-0.39, 0.29) is 36.6 Å². The molecule has 32 heavy (non-hydrogen) atoms. The maximum Gasteiger partial charge on any atom is 0.241 e. The van der Waals surface area contributed by atoms with Crippen molar-refractivity contribution in [3.8, 4) is 11.5 Å². The fraction of sp³-hybridized carbons (Fsp3) is 0.435. The van der Waals surface area contributed by atoms with E-state index in [9.17, 15) is 9.59 Å². The number of hydrazine groups is 1. The van der Waals surface area contributed by atoms with Gasteiger partial charge in [0, 0.05) is 38.1 Å².